The molecule has 2 aliphatic carbocycles. The second kappa shape index (κ2) is 5.17. The van der Waals surface area contributed by atoms with Crippen molar-refractivity contribution in [2.45, 2.75) is 50.6 Å². The molecular formula is C14H27N3O. The van der Waals surface area contributed by atoms with Gasteiger partial charge in [-0.25, -0.2) is 0 Å². The molecule has 0 bridgehead atoms. The number of likely N-dealkylation sites (N-methyl/N-ethyl adjacent to an activating group) is 1. The van der Waals surface area contributed by atoms with Gasteiger partial charge >= 0.3 is 0 Å². The van der Waals surface area contributed by atoms with E-state index < -0.39 is 5.54 Å². The average molecular weight is 253 g/mol. The zero-order valence-corrected chi connectivity index (χ0v) is 11.9. The Kier molecular flexibility index (Phi) is 3.97. The second-order valence-electron chi connectivity index (χ2n) is 6.36. The van der Waals surface area contributed by atoms with Crippen LogP contribution in [0.3, 0.4) is 0 Å². The minimum Gasteiger partial charge on any atom is -0.368 e. The average Bonchev–Trinajstić information content (AvgIpc) is 3.04. The standard InChI is InChI=1S/C14H27N3O/c1-10-7-11(10)9-17(3)12-5-4-6-14(8-12,16-2)13(15)18/h10-12,16H,4-9H2,1-3H3,(H2,15,18). The smallest absolute Gasteiger partial charge is 0.237 e. The molecule has 4 atom stereocenters. The van der Waals surface area contributed by atoms with Crippen molar-refractivity contribution in [2.24, 2.45) is 17.6 Å². The highest BCUT2D eigenvalue weighted by Crippen LogP contribution is 2.39. The number of nitrogens with one attached hydrogen (secondary N) is 1. The number of rotatable bonds is 5. The molecule has 18 heavy (non-hydrogen) atoms. The molecule has 2 fully saturated rings. The van der Waals surface area contributed by atoms with Gasteiger partial charge in [0.05, 0.1) is 5.54 Å². The topological polar surface area (TPSA) is 58.4 Å². The fourth-order valence-electron chi connectivity index (χ4n) is 3.37. The van der Waals surface area contributed by atoms with Crippen molar-refractivity contribution < 1.29 is 4.79 Å². The van der Waals surface area contributed by atoms with Crippen LogP contribution in [0, 0.1) is 11.8 Å². The molecule has 0 radical (unpaired) electrons. The molecule has 4 heteroatoms. The Morgan fingerprint density at radius 3 is 2.72 bits per heavy atom. The van der Waals surface area contributed by atoms with Gasteiger partial charge in [0, 0.05) is 12.6 Å². The number of hydrogen-bond donors (Lipinski definition) is 2. The lowest BCUT2D eigenvalue weighted by atomic mass is 9.78. The summed E-state index contributed by atoms with van der Waals surface area (Å²) >= 11 is 0. The maximum Gasteiger partial charge on any atom is 0.237 e. The largest absolute Gasteiger partial charge is 0.368 e. The Labute approximate surface area is 110 Å². The number of carbonyl (C=O) groups is 1. The quantitative estimate of drug-likeness (QED) is 0.767. The normalized spacial score (nSPS) is 39.9. The first-order valence-electron chi connectivity index (χ1n) is 7.17. The van der Waals surface area contributed by atoms with Gasteiger partial charge < -0.3 is 16.0 Å². The summed E-state index contributed by atoms with van der Waals surface area (Å²) in [5.41, 5.74) is 5.11. The van der Waals surface area contributed by atoms with Gasteiger partial charge in [0.2, 0.25) is 5.91 Å². The lowest BCUT2D eigenvalue weighted by molar-refractivity contribution is -0.126. The highest BCUT2D eigenvalue weighted by Gasteiger charge is 2.42. The Bertz CT molecular complexity index is 320. The summed E-state index contributed by atoms with van der Waals surface area (Å²) in [6, 6.07) is 0.492. The molecule has 1 amide bonds. The summed E-state index contributed by atoms with van der Waals surface area (Å²) in [5.74, 6) is 1.57. The summed E-state index contributed by atoms with van der Waals surface area (Å²) in [6.07, 6.45) is 5.37. The number of hydrogen-bond acceptors (Lipinski definition) is 3. The zero-order chi connectivity index (χ0) is 13.3. The second-order valence-corrected chi connectivity index (χ2v) is 6.36. The van der Waals surface area contributed by atoms with E-state index in [-0.39, 0.29) is 5.91 Å². The lowest BCUT2D eigenvalue weighted by Crippen LogP contribution is -2.59. The molecular weight excluding hydrogens is 226 g/mol. The zero-order valence-electron chi connectivity index (χ0n) is 11.9. The van der Waals surface area contributed by atoms with Crippen LogP contribution in [0.1, 0.15) is 39.0 Å². The van der Waals surface area contributed by atoms with Gasteiger partial charge in [-0.2, -0.15) is 0 Å². The third-order valence-corrected chi connectivity index (χ3v) is 5.10. The number of nitrogens with two attached hydrogens (primary N) is 1. The highest BCUT2D eigenvalue weighted by atomic mass is 16.1. The first kappa shape index (κ1) is 13.8. The molecule has 0 aromatic rings. The molecule has 2 aliphatic rings. The van der Waals surface area contributed by atoms with Gasteiger partial charge in [0.25, 0.3) is 0 Å². The van der Waals surface area contributed by atoms with E-state index in [1.807, 2.05) is 7.05 Å². The Morgan fingerprint density at radius 1 is 1.56 bits per heavy atom. The summed E-state index contributed by atoms with van der Waals surface area (Å²) < 4.78 is 0. The molecule has 0 aliphatic heterocycles. The summed E-state index contributed by atoms with van der Waals surface area (Å²) in [7, 11) is 4.05. The van der Waals surface area contributed by atoms with Crippen molar-refractivity contribution in [3.63, 3.8) is 0 Å². The van der Waals surface area contributed by atoms with E-state index >= 15 is 0 Å². The van der Waals surface area contributed by atoms with Gasteiger partial charge in [-0.05, 0) is 58.0 Å². The van der Waals surface area contributed by atoms with E-state index in [1.165, 1.54) is 19.4 Å². The van der Waals surface area contributed by atoms with Crippen molar-refractivity contribution in [2.75, 3.05) is 20.6 Å². The molecule has 0 heterocycles. The Morgan fingerprint density at radius 2 is 2.22 bits per heavy atom. The molecule has 0 spiro atoms. The van der Waals surface area contributed by atoms with Crippen LogP contribution in [-0.4, -0.2) is 43.0 Å². The molecule has 0 saturated heterocycles. The number of amides is 1. The maximum atomic E-state index is 11.7. The Hall–Kier alpha value is -0.610. The van der Waals surface area contributed by atoms with E-state index in [1.54, 1.807) is 0 Å². The fraction of sp³-hybridized carbons (Fsp3) is 0.929. The summed E-state index contributed by atoms with van der Waals surface area (Å²) in [4.78, 5) is 14.2. The fourth-order valence-corrected chi connectivity index (χ4v) is 3.37. The Balaban J connectivity index is 1.94. The molecule has 0 aromatic heterocycles. The van der Waals surface area contributed by atoms with Crippen LogP contribution < -0.4 is 11.1 Å². The molecule has 104 valence electrons. The van der Waals surface area contributed by atoms with Crippen molar-refractivity contribution in [1.82, 2.24) is 10.2 Å². The van der Waals surface area contributed by atoms with Crippen molar-refractivity contribution in [3.8, 4) is 0 Å². The van der Waals surface area contributed by atoms with Crippen LogP contribution in [0.5, 0.6) is 0 Å². The molecule has 4 nitrogen and oxygen atoms in total. The van der Waals surface area contributed by atoms with Crippen molar-refractivity contribution >= 4 is 5.91 Å². The molecule has 4 unspecified atom stereocenters. The van der Waals surface area contributed by atoms with E-state index in [0.717, 1.165) is 31.1 Å². The van der Waals surface area contributed by atoms with Crippen molar-refractivity contribution in [3.05, 3.63) is 0 Å². The van der Waals surface area contributed by atoms with Crippen LogP contribution in [0.25, 0.3) is 0 Å². The van der Waals surface area contributed by atoms with Gasteiger partial charge in [0.1, 0.15) is 0 Å². The van der Waals surface area contributed by atoms with E-state index in [4.69, 9.17) is 5.73 Å². The predicted octanol–water partition coefficient (Wildman–Crippen LogP) is 0.960. The lowest BCUT2D eigenvalue weighted by Gasteiger charge is -2.42. The van der Waals surface area contributed by atoms with Crippen LogP contribution >= 0.6 is 0 Å². The van der Waals surface area contributed by atoms with Gasteiger partial charge in [-0.3, -0.25) is 4.79 Å². The van der Waals surface area contributed by atoms with E-state index in [9.17, 15) is 4.79 Å². The summed E-state index contributed by atoms with van der Waals surface area (Å²) in [5, 5.41) is 3.18. The van der Waals surface area contributed by atoms with Crippen LogP contribution in [0.15, 0.2) is 0 Å². The number of carbonyl (C=O) groups excluding carboxylic acids is 1. The van der Waals surface area contributed by atoms with Gasteiger partial charge in [0.15, 0.2) is 0 Å². The number of nitrogens with zero attached hydrogens (tertiary/aromatic N) is 1. The predicted molar refractivity (Wildman–Crippen MR) is 73.1 cm³/mol. The molecule has 2 saturated carbocycles. The minimum absolute atomic E-state index is 0.192. The van der Waals surface area contributed by atoms with E-state index in [0.29, 0.717) is 6.04 Å². The number of primary amides is 1. The third kappa shape index (κ3) is 2.69. The first-order chi connectivity index (χ1) is 8.48. The van der Waals surface area contributed by atoms with Crippen LogP contribution in [0.2, 0.25) is 0 Å². The molecule has 0 aromatic carbocycles. The summed E-state index contributed by atoms with van der Waals surface area (Å²) in [6.45, 7) is 3.49. The van der Waals surface area contributed by atoms with Crippen molar-refractivity contribution in [1.29, 1.82) is 0 Å². The SMILES string of the molecule is CNC1(C(N)=O)CCCC(N(C)CC2CC2C)C1. The molecule has 3 N–H and O–H groups in total. The minimum atomic E-state index is -0.480. The van der Waals surface area contributed by atoms with Crippen LogP contribution in [0.4, 0.5) is 0 Å². The third-order valence-electron chi connectivity index (χ3n) is 5.10. The van der Waals surface area contributed by atoms with Gasteiger partial charge in [-0.15, -0.1) is 0 Å². The highest BCUT2D eigenvalue weighted by molar-refractivity contribution is 5.84. The molecule has 2 rings (SSSR count). The van der Waals surface area contributed by atoms with Crippen LogP contribution in [-0.2, 0) is 4.79 Å². The maximum absolute atomic E-state index is 11.7. The monoisotopic (exact) mass is 253 g/mol. The van der Waals surface area contributed by atoms with E-state index in [2.05, 4.69) is 24.2 Å². The first-order valence-corrected chi connectivity index (χ1v) is 7.17. The van der Waals surface area contributed by atoms with Gasteiger partial charge in [-0.1, -0.05) is 6.92 Å².